The largest absolute Gasteiger partial charge is 0.471 e. The lowest BCUT2D eigenvalue weighted by atomic mass is 10.0. The minimum Gasteiger partial charge on any atom is -0.471 e. The molecule has 1 aromatic heterocycles. The fourth-order valence-electron chi connectivity index (χ4n) is 3.49. The third kappa shape index (κ3) is 4.82. The molecule has 0 aliphatic carbocycles. The smallest absolute Gasteiger partial charge is 0.268 e. The lowest BCUT2D eigenvalue weighted by molar-refractivity contribution is -0.125. The molecule has 1 unspecified atom stereocenters. The van der Waals surface area contributed by atoms with Crippen LogP contribution in [0.5, 0.6) is 5.75 Å². The van der Waals surface area contributed by atoms with Crippen molar-refractivity contribution in [3.8, 4) is 5.75 Å². The molecule has 0 radical (unpaired) electrons. The molecule has 1 N–H and O–H groups in total. The Morgan fingerprint density at radius 2 is 2.03 bits per heavy atom. The molecule has 0 spiro atoms. The molecule has 2 aromatic carbocycles. The van der Waals surface area contributed by atoms with Crippen molar-refractivity contribution in [1.29, 1.82) is 0 Å². The highest BCUT2D eigenvalue weighted by molar-refractivity contribution is 6.34. The van der Waals surface area contributed by atoms with Gasteiger partial charge in [0.25, 0.3) is 5.91 Å². The van der Waals surface area contributed by atoms with Gasteiger partial charge in [-0.2, -0.15) is 5.10 Å². The van der Waals surface area contributed by atoms with Gasteiger partial charge in [0.05, 0.1) is 33.4 Å². The molecule has 1 aliphatic rings. The van der Waals surface area contributed by atoms with Gasteiger partial charge in [0.15, 0.2) is 6.73 Å². The molecule has 1 aliphatic heterocycles. The SMILES string of the molecule is Cc1cc(OCn2nc(C)c(NC(=O)C3CC(c4c(F)cccc4Cl)=NO3)c2C)ccc1Cl. The molecule has 4 rings (SSSR count). The quantitative estimate of drug-likeness (QED) is 0.500. The number of anilines is 1. The number of aryl methyl sites for hydroxylation is 2. The van der Waals surface area contributed by atoms with Crippen LogP contribution in [0, 0.1) is 26.6 Å². The fourth-order valence-corrected chi connectivity index (χ4v) is 3.88. The zero-order valence-corrected chi connectivity index (χ0v) is 19.7. The monoisotopic (exact) mass is 490 g/mol. The summed E-state index contributed by atoms with van der Waals surface area (Å²) < 4.78 is 21.6. The van der Waals surface area contributed by atoms with Crippen LogP contribution < -0.4 is 10.1 Å². The lowest BCUT2D eigenvalue weighted by Crippen LogP contribution is -2.28. The maximum atomic E-state index is 14.2. The number of carbonyl (C=O) groups excluding carboxylic acids is 1. The molecule has 1 atom stereocenters. The van der Waals surface area contributed by atoms with Gasteiger partial charge >= 0.3 is 0 Å². The third-order valence-corrected chi connectivity index (χ3v) is 6.06. The normalized spacial score (nSPS) is 15.2. The van der Waals surface area contributed by atoms with Crippen LogP contribution in [0.2, 0.25) is 10.0 Å². The highest BCUT2D eigenvalue weighted by Gasteiger charge is 2.32. The van der Waals surface area contributed by atoms with Gasteiger partial charge in [-0.1, -0.05) is 34.4 Å². The van der Waals surface area contributed by atoms with Crippen LogP contribution in [0.4, 0.5) is 10.1 Å². The van der Waals surface area contributed by atoms with Crippen LogP contribution in [0.15, 0.2) is 41.6 Å². The van der Waals surface area contributed by atoms with E-state index in [1.54, 1.807) is 29.8 Å². The number of ether oxygens (including phenoxy) is 1. The number of amides is 1. The van der Waals surface area contributed by atoms with E-state index in [0.717, 1.165) is 5.56 Å². The Balaban J connectivity index is 1.42. The number of aromatic nitrogens is 2. The average Bonchev–Trinajstić information content (AvgIpc) is 3.35. The average molecular weight is 491 g/mol. The van der Waals surface area contributed by atoms with E-state index in [2.05, 4.69) is 15.6 Å². The third-order valence-electron chi connectivity index (χ3n) is 5.33. The number of nitrogens with one attached hydrogen (secondary N) is 1. The van der Waals surface area contributed by atoms with Crippen molar-refractivity contribution in [3.63, 3.8) is 0 Å². The summed E-state index contributed by atoms with van der Waals surface area (Å²) in [6.07, 6.45) is -0.816. The van der Waals surface area contributed by atoms with E-state index in [0.29, 0.717) is 27.8 Å². The standard InChI is InChI=1S/C23H21Cl2FN4O3/c1-12-9-15(7-8-16(12)24)32-11-30-14(3)22(13(2)28-30)27-23(31)20-10-19(29-33-20)21-17(25)5-4-6-18(21)26/h4-9,20H,10-11H2,1-3H3,(H,27,31). The summed E-state index contributed by atoms with van der Waals surface area (Å²) in [6.45, 7) is 5.65. The van der Waals surface area contributed by atoms with Crippen molar-refractivity contribution < 1.29 is 18.8 Å². The predicted molar refractivity (Wildman–Crippen MR) is 125 cm³/mol. The van der Waals surface area contributed by atoms with E-state index >= 15 is 0 Å². The van der Waals surface area contributed by atoms with Crippen LogP contribution in [0.3, 0.4) is 0 Å². The molecule has 172 valence electrons. The van der Waals surface area contributed by atoms with Gasteiger partial charge in [-0.05, 0) is 56.7 Å². The summed E-state index contributed by atoms with van der Waals surface area (Å²) in [6, 6.07) is 9.73. The molecule has 0 saturated carbocycles. The second-order valence-electron chi connectivity index (χ2n) is 7.65. The number of carbonyl (C=O) groups is 1. The fraction of sp³-hybridized carbons (Fsp3) is 0.261. The number of oxime groups is 1. The van der Waals surface area contributed by atoms with Gasteiger partial charge in [-0.15, -0.1) is 0 Å². The molecule has 1 amide bonds. The molecule has 0 fully saturated rings. The number of hydrogen-bond donors (Lipinski definition) is 1. The molecule has 10 heteroatoms. The van der Waals surface area contributed by atoms with Crippen molar-refractivity contribution in [2.45, 2.75) is 40.0 Å². The van der Waals surface area contributed by atoms with Gasteiger partial charge in [-0.25, -0.2) is 9.07 Å². The van der Waals surface area contributed by atoms with Crippen LogP contribution in [0.1, 0.15) is 28.9 Å². The van der Waals surface area contributed by atoms with Gasteiger partial charge in [0, 0.05) is 11.4 Å². The Kier molecular flexibility index (Phi) is 6.58. The molecule has 7 nitrogen and oxygen atoms in total. The van der Waals surface area contributed by atoms with Gasteiger partial charge < -0.3 is 14.9 Å². The molecular formula is C23H21Cl2FN4O3. The number of benzene rings is 2. The summed E-state index contributed by atoms with van der Waals surface area (Å²) in [5.41, 5.74) is 3.22. The molecular weight excluding hydrogens is 470 g/mol. The van der Waals surface area contributed by atoms with Crippen LogP contribution >= 0.6 is 23.2 Å². The van der Waals surface area contributed by atoms with Crippen molar-refractivity contribution in [3.05, 3.63) is 74.8 Å². The molecule has 33 heavy (non-hydrogen) atoms. The van der Waals surface area contributed by atoms with E-state index in [-0.39, 0.29) is 29.4 Å². The minimum atomic E-state index is -0.911. The van der Waals surface area contributed by atoms with Crippen molar-refractivity contribution in [2.24, 2.45) is 5.16 Å². The molecule has 3 aromatic rings. The summed E-state index contributed by atoms with van der Waals surface area (Å²) in [7, 11) is 0. The number of nitrogens with zero attached hydrogens (tertiary/aromatic N) is 3. The lowest BCUT2D eigenvalue weighted by Gasteiger charge is -2.11. The van der Waals surface area contributed by atoms with E-state index in [1.807, 2.05) is 19.9 Å². The van der Waals surface area contributed by atoms with Crippen molar-refractivity contribution in [1.82, 2.24) is 9.78 Å². The first kappa shape index (κ1) is 23.1. The van der Waals surface area contributed by atoms with Crippen molar-refractivity contribution in [2.75, 3.05) is 5.32 Å². The first-order chi connectivity index (χ1) is 15.7. The van der Waals surface area contributed by atoms with E-state index in [9.17, 15) is 9.18 Å². The molecule has 2 heterocycles. The second kappa shape index (κ2) is 9.41. The Bertz CT molecular complexity index is 1240. The van der Waals surface area contributed by atoms with E-state index in [4.69, 9.17) is 32.8 Å². The zero-order chi connectivity index (χ0) is 23.7. The van der Waals surface area contributed by atoms with Gasteiger partial charge in [0.2, 0.25) is 6.10 Å². The highest BCUT2D eigenvalue weighted by Crippen LogP contribution is 2.27. The Labute approximate surface area is 200 Å². The number of halogens is 3. The predicted octanol–water partition coefficient (Wildman–Crippen LogP) is 5.42. The van der Waals surface area contributed by atoms with E-state index < -0.39 is 17.8 Å². The van der Waals surface area contributed by atoms with Crippen LogP contribution in [-0.4, -0.2) is 27.5 Å². The molecule has 0 bridgehead atoms. The summed E-state index contributed by atoms with van der Waals surface area (Å²) >= 11 is 12.1. The number of rotatable bonds is 6. The summed E-state index contributed by atoms with van der Waals surface area (Å²) in [5, 5.41) is 12.0. The second-order valence-corrected chi connectivity index (χ2v) is 8.47. The maximum Gasteiger partial charge on any atom is 0.268 e. The Morgan fingerprint density at radius 3 is 2.76 bits per heavy atom. The Morgan fingerprint density at radius 1 is 1.24 bits per heavy atom. The Hall–Kier alpha value is -3.10. The van der Waals surface area contributed by atoms with Gasteiger partial charge in [0.1, 0.15) is 11.6 Å². The molecule has 0 saturated heterocycles. The first-order valence-electron chi connectivity index (χ1n) is 10.2. The summed E-state index contributed by atoms with van der Waals surface area (Å²) in [4.78, 5) is 18.1. The van der Waals surface area contributed by atoms with Crippen molar-refractivity contribution >= 4 is 40.5 Å². The van der Waals surface area contributed by atoms with Crippen LogP contribution in [-0.2, 0) is 16.4 Å². The first-order valence-corrected chi connectivity index (χ1v) is 10.9. The van der Waals surface area contributed by atoms with Crippen LogP contribution in [0.25, 0.3) is 0 Å². The van der Waals surface area contributed by atoms with E-state index in [1.165, 1.54) is 12.1 Å². The van der Waals surface area contributed by atoms with Gasteiger partial charge in [-0.3, -0.25) is 4.79 Å². The maximum absolute atomic E-state index is 14.2. The number of hydrogen-bond acceptors (Lipinski definition) is 5. The summed E-state index contributed by atoms with van der Waals surface area (Å²) in [5.74, 6) is -0.276. The highest BCUT2D eigenvalue weighted by atomic mass is 35.5. The zero-order valence-electron chi connectivity index (χ0n) is 18.2. The minimum absolute atomic E-state index is 0.0950. The topological polar surface area (TPSA) is 77.7 Å².